The van der Waals surface area contributed by atoms with Crippen LogP contribution in [-0.2, 0) is 4.74 Å². The Morgan fingerprint density at radius 3 is 1.95 bits per heavy atom. The predicted octanol–water partition coefficient (Wildman–Crippen LogP) is 3.51. The molecule has 0 radical (unpaired) electrons. The Morgan fingerprint density at radius 2 is 1.45 bits per heavy atom. The maximum absolute atomic E-state index is 12.6. The number of ether oxygens (including phenoxy) is 1. The standard InChI is InChI=1S/C18H20O4/c19-16(20)14-3-1-2-4-15(14)17(21)22-18-8-11-5-12(9-18)7-13(6-11)10-18/h1-4,11-13H,5-10H2,(H,19,20). The number of hydrogen-bond donors (Lipinski definition) is 1. The van der Waals surface area contributed by atoms with E-state index in [1.807, 2.05) is 0 Å². The molecule has 116 valence electrons. The number of hydrogen-bond acceptors (Lipinski definition) is 3. The minimum atomic E-state index is -1.09. The topological polar surface area (TPSA) is 63.6 Å². The van der Waals surface area contributed by atoms with Gasteiger partial charge in [-0.1, -0.05) is 12.1 Å². The number of esters is 1. The van der Waals surface area contributed by atoms with E-state index < -0.39 is 11.9 Å². The first-order valence-electron chi connectivity index (χ1n) is 8.10. The van der Waals surface area contributed by atoms with E-state index in [0.717, 1.165) is 19.3 Å². The highest BCUT2D eigenvalue weighted by molar-refractivity contribution is 6.02. The van der Waals surface area contributed by atoms with Crippen molar-refractivity contribution in [3.63, 3.8) is 0 Å². The Hall–Kier alpha value is -1.84. The minimum Gasteiger partial charge on any atom is -0.478 e. The average Bonchev–Trinajstić information content (AvgIpc) is 2.45. The normalized spacial score (nSPS) is 35.4. The lowest BCUT2D eigenvalue weighted by Crippen LogP contribution is -2.52. The lowest BCUT2D eigenvalue weighted by molar-refractivity contribution is -0.131. The molecule has 1 N–H and O–H groups in total. The van der Waals surface area contributed by atoms with Gasteiger partial charge in [0.2, 0.25) is 0 Å². The van der Waals surface area contributed by atoms with Gasteiger partial charge in [0, 0.05) is 0 Å². The van der Waals surface area contributed by atoms with E-state index in [-0.39, 0.29) is 16.7 Å². The first kappa shape index (κ1) is 13.8. The van der Waals surface area contributed by atoms with Crippen LogP contribution in [0.1, 0.15) is 59.2 Å². The highest BCUT2D eigenvalue weighted by atomic mass is 16.6. The lowest BCUT2D eigenvalue weighted by Gasteiger charge is -2.55. The fourth-order valence-electron chi connectivity index (χ4n) is 5.26. The van der Waals surface area contributed by atoms with Crippen molar-refractivity contribution >= 4 is 11.9 Å². The van der Waals surface area contributed by atoms with Crippen molar-refractivity contribution < 1.29 is 19.4 Å². The van der Waals surface area contributed by atoms with E-state index in [9.17, 15) is 14.7 Å². The van der Waals surface area contributed by atoms with E-state index in [1.54, 1.807) is 18.2 Å². The van der Waals surface area contributed by atoms with Crippen LogP contribution >= 0.6 is 0 Å². The highest BCUT2D eigenvalue weighted by Crippen LogP contribution is 2.57. The molecule has 4 saturated carbocycles. The molecule has 0 heterocycles. The van der Waals surface area contributed by atoms with Crippen LogP contribution in [-0.4, -0.2) is 22.6 Å². The Labute approximate surface area is 129 Å². The van der Waals surface area contributed by atoms with Gasteiger partial charge in [-0.2, -0.15) is 0 Å². The summed E-state index contributed by atoms with van der Waals surface area (Å²) in [6.45, 7) is 0. The predicted molar refractivity (Wildman–Crippen MR) is 79.7 cm³/mol. The van der Waals surface area contributed by atoms with Crippen LogP contribution in [0.15, 0.2) is 24.3 Å². The van der Waals surface area contributed by atoms with Gasteiger partial charge in [-0.15, -0.1) is 0 Å². The molecule has 5 rings (SSSR count). The fourth-order valence-corrected chi connectivity index (χ4v) is 5.26. The molecule has 0 aromatic heterocycles. The average molecular weight is 300 g/mol. The quantitative estimate of drug-likeness (QED) is 0.868. The van der Waals surface area contributed by atoms with E-state index in [2.05, 4.69) is 0 Å². The van der Waals surface area contributed by atoms with Crippen molar-refractivity contribution in [3.8, 4) is 0 Å². The Kier molecular flexibility index (Phi) is 3.03. The highest BCUT2D eigenvalue weighted by Gasteiger charge is 2.53. The third kappa shape index (κ3) is 2.21. The third-order valence-electron chi connectivity index (χ3n) is 5.67. The molecule has 4 aliphatic rings. The second-order valence-electron chi connectivity index (χ2n) is 7.34. The van der Waals surface area contributed by atoms with Crippen molar-refractivity contribution in [1.29, 1.82) is 0 Å². The number of carboxylic acid groups (broad SMARTS) is 1. The van der Waals surface area contributed by atoms with Gasteiger partial charge < -0.3 is 9.84 Å². The van der Waals surface area contributed by atoms with E-state index >= 15 is 0 Å². The SMILES string of the molecule is O=C(O)c1ccccc1C(=O)OC12CC3CC(CC(C3)C1)C2. The summed E-state index contributed by atoms with van der Waals surface area (Å²) in [5.41, 5.74) is -0.139. The summed E-state index contributed by atoms with van der Waals surface area (Å²) < 4.78 is 5.93. The molecule has 1 aromatic rings. The fraction of sp³-hybridized carbons (Fsp3) is 0.556. The largest absolute Gasteiger partial charge is 0.478 e. The monoisotopic (exact) mass is 300 g/mol. The summed E-state index contributed by atoms with van der Waals surface area (Å²) in [4.78, 5) is 23.9. The summed E-state index contributed by atoms with van der Waals surface area (Å²) >= 11 is 0. The van der Waals surface area contributed by atoms with Crippen LogP contribution in [0.25, 0.3) is 0 Å². The third-order valence-corrected chi connectivity index (χ3v) is 5.67. The molecular formula is C18H20O4. The van der Waals surface area contributed by atoms with E-state index in [0.29, 0.717) is 17.8 Å². The first-order chi connectivity index (χ1) is 10.5. The van der Waals surface area contributed by atoms with Crippen LogP contribution in [0.5, 0.6) is 0 Å². The van der Waals surface area contributed by atoms with Crippen molar-refractivity contribution in [2.75, 3.05) is 0 Å². The van der Waals surface area contributed by atoms with Gasteiger partial charge in [-0.25, -0.2) is 9.59 Å². The lowest BCUT2D eigenvalue weighted by atomic mass is 9.54. The minimum absolute atomic E-state index is 0.0252. The van der Waals surface area contributed by atoms with Crippen LogP contribution in [0.3, 0.4) is 0 Å². The molecule has 0 amide bonds. The van der Waals surface area contributed by atoms with Crippen LogP contribution in [0.4, 0.5) is 0 Å². The summed E-state index contributed by atoms with van der Waals surface area (Å²) in [6.07, 6.45) is 6.72. The van der Waals surface area contributed by atoms with Gasteiger partial charge in [-0.3, -0.25) is 0 Å². The molecule has 22 heavy (non-hydrogen) atoms. The van der Waals surface area contributed by atoms with Gasteiger partial charge in [0.15, 0.2) is 0 Å². The van der Waals surface area contributed by atoms with Crippen molar-refractivity contribution in [1.82, 2.24) is 0 Å². The smallest absolute Gasteiger partial charge is 0.339 e. The van der Waals surface area contributed by atoms with Crippen LogP contribution < -0.4 is 0 Å². The van der Waals surface area contributed by atoms with Crippen molar-refractivity contribution in [2.24, 2.45) is 17.8 Å². The molecule has 0 unspecified atom stereocenters. The number of carboxylic acids is 1. The zero-order valence-electron chi connectivity index (χ0n) is 12.5. The zero-order chi connectivity index (χ0) is 15.3. The number of carbonyl (C=O) groups excluding carboxylic acids is 1. The Balaban J connectivity index is 1.59. The van der Waals surface area contributed by atoms with E-state index in [4.69, 9.17) is 4.74 Å². The molecule has 4 bridgehead atoms. The van der Waals surface area contributed by atoms with Crippen molar-refractivity contribution in [2.45, 2.75) is 44.1 Å². The second kappa shape index (κ2) is 4.83. The van der Waals surface area contributed by atoms with Gasteiger partial charge >= 0.3 is 11.9 Å². The summed E-state index contributed by atoms with van der Waals surface area (Å²) in [5.74, 6) is 0.509. The molecule has 0 aliphatic heterocycles. The molecule has 0 spiro atoms. The van der Waals surface area contributed by atoms with Gasteiger partial charge in [0.05, 0.1) is 11.1 Å². The molecule has 0 atom stereocenters. The zero-order valence-corrected chi connectivity index (χ0v) is 12.5. The maximum atomic E-state index is 12.6. The number of rotatable bonds is 3. The molecule has 4 aliphatic carbocycles. The maximum Gasteiger partial charge on any atom is 0.339 e. The summed E-state index contributed by atoms with van der Waals surface area (Å²) in [5, 5.41) is 9.24. The number of carbonyl (C=O) groups is 2. The molecule has 1 aromatic carbocycles. The first-order valence-corrected chi connectivity index (χ1v) is 8.10. The van der Waals surface area contributed by atoms with Gasteiger partial charge in [0.1, 0.15) is 5.60 Å². The summed E-state index contributed by atoms with van der Waals surface area (Å²) in [6, 6.07) is 6.32. The molecule has 0 saturated heterocycles. The molecule has 4 heteroatoms. The number of benzene rings is 1. The molecule has 4 nitrogen and oxygen atoms in total. The molecular weight excluding hydrogens is 280 g/mol. The Bertz CT molecular complexity index is 598. The molecule has 4 fully saturated rings. The van der Waals surface area contributed by atoms with Crippen LogP contribution in [0, 0.1) is 17.8 Å². The van der Waals surface area contributed by atoms with E-state index in [1.165, 1.54) is 25.3 Å². The Morgan fingerprint density at radius 1 is 0.955 bits per heavy atom. The van der Waals surface area contributed by atoms with Crippen LogP contribution in [0.2, 0.25) is 0 Å². The summed E-state index contributed by atoms with van der Waals surface area (Å²) in [7, 11) is 0. The van der Waals surface area contributed by atoms with Gasteiger partial charge in [-0.05, 0) is 68.4 Å². The second-order valence-corrected chi connectivity index (χ2v) is 7.34. The number of aromatic carboxylic acids is 1. The van der Waals surface area contributed by atoms with Crippen molar-refractivity contribution in [3.05, 3.63) is 35.4 Å². The van der Waals surface area contributed by atoms with Gasteiger partial charge in [0.25, 0.3) is 0 Å².